The fourth-order valence-corrected chi connectivity index (χ4v) is 2.69. The molecule has 0 fully saturated rings. The van der Waals surface area contributed by atoms with Gasteiger partial charge >= 0.3 is 0 Å². The van der Waals surface area contributed by atoms with Crippen LogP contribution >= 0.6 is 11.6 Å². The molecule has 0 aliphatic heterocycles. The van der Waals surface area contributed by atoms with Gasteiger partial charge in [-0.15, -0.1) is 11.6 Å². The van der Waals surface area contributed by atoms with E-state index >= 15 is 0 Å². The van der Waals surface area contributed by atoms with Crippen LogP contribution in [0.15, 0.2) is 66.7 Å². The maximum absolute atomic E-state index is 13.8. The molecule has 0 saturated carbocycles. The number of rotatable bonds is 3. The quantitative estimate of drug-likeness (QED) is 0.401. The van der Waals surface area contributed by atoms with Crippen LogP contribution in [0.2, 0.25) is 0 Å². The Morgan fingerprint density at radius 3 is 1.91 bits per heavy atom. The van der Waals surface area contributed by atoms with E-state index in [0.29, 0.717) is 5.56 Å². The minimum atomic E-state index is -1.47. The Hall–Kier alpha value is -2.26. The first-order valence-corrected chi connectivity index (χ1v) is 7.44. The lowest BCUT2D eigenvalue weighted by Gasteiger charge is -2.11. The highest BCUT2D eigenvalue weighted by molar-refractivity contribution is 6.22. The predicted molar refractivity (Wildman–Crippen MR) is 85.9 cm³/mol. The van der Waals surface area contributed by atoms with Crippen molar-refractivity contribution < 1.29 is 13.2 Å². The van der Waals surface area contributed by atoms with Gasteiger partial charge in [-0.1, -0.05) is 54.6 Å². The maximum atomic E-state index is 13.8. The van der Waals surface area contributed by atoms with Crippen molar-refractivity contribution in [1.29, 1.82) is 0 Å². The molecule has 0 amide bonds. The fraction of sp³-hybridized carbons (Fsp3) is 0.0526. The lowest BCUT2D eigenvalue weighted by atomic mass is 9.99. The number of benzene rings is 3. The second kappa shape index (κ2) is 6.47. The van der Waals surface area contributed by atoms with Crippen LogP contribution in [-0.2, 0) is 0 Å². The van der Waals surface area contributed by atoms with Crippen LogP contribution in [0.3, 0.4) is 0 Å². The summed E-state index contributed by atoms with van der Waals surface area (Å²) in [6.07, 6.45) is 0. The summed E-state index contributed by atoms with van der Waals surface area (Å²) in [6, 6.07) is 18.5. The average molecular weight is 333 g/mol. The molecule has 0 aliphatic carbocycles. The van der Waals surface area contributed by atoms with Gasteiger partial charge in [-0.05, 0) is 28.8 Å². The maximum Gasteiger partial charge on any atom is 0.195 e. The van der Waals surface area contributed by atoms with E-state index in [4.69, 9.17) is 11.6 Å². The molecule has 4 heteroatoms. The second-order valence-electron chi connectivity index (χ2n) is 5.12. The van der Waals surface area contributed by atoms with Crippen LogP contribution in [0.1, 0.15) is 16.5 Å². The Labute approximate surface area is 137 Å². The largest absolute Gasteiger partial charge is 0.204 e. The van der Waals surface area contributed by atoms with Crippen molar-refractivity contribution in [2.75, 3.05) is 0 Å². The van der Waals surface area contributed by atoms with Gasteiger partial charge in [0.05, 0.1) is 5.38 Å². The minimum absolute atomic E-state index is 0.0151. The molecule has 23 heavy (non-hydrogen) atoms. The first-order valence-electron chi connectivity index (χ1n) is 7.01. The van der Waals surface area contributed by atoms with Gasteiger partial charge in [0, 0.05) is 5.56 Å². The van der Waals surface area contributed by atoms with Crippen LogP contribution in [-0.4, -0.2) is 0 Å². The topological polar surface area (TPSA) is 0 Å². The van der Waals surface area contributed by atoms with Crippen molar-refractivity contribution >= 4 is 11.6 Å². The standard InChI is InChI=1S/C19H12ClF3/c20-17(13-4-2-1-3-5-13)14-8-6-12(7-9-14)15-10-11-16(21)19(23)18(15)22/h1-11,17H. The van der Waals surface area contributed by atoms with Crippen molar-refractivity contribution in [2.45, 2.75) is 5.38 Å². The van der Waals surface area contributed by atoms with E-state index in [-0.39, 0.29) is 10.9 Å². The third kappa shape index (κ3) is 3.10. The lowest BCUT2D eigenvalue weighted by Crippen LogP contribution is -1.95. The Morgan fingerprint density at radius 1 is 0.652 bits per heavy atom. The highest BCUT2D eigenvalue weighted by Crippen LogP contribution is 2.31. The first kappa shape index (κ1) is 15.6. The monoisotopic (exact) mass is 332 g/mol. The van der Waals surface area contributed by atoms with E-state index in [9.17, 15) is 13.2 Å². The number of hydrogen-bond donors (Lipinski definition) is 0. The molecule has 0 aromatic heterocycles. The zero-order valence-corrected chi connectivity index (χ0v) is 12.7. The van der Waals surface area contributed by atoms with Gasteiger partial charge in [-0.2, -0.15) is 0 Å². The third-order valence-electron chi connectivity index (χ3n) is 3.64. The lowest BCUT2D eigenvalue weighted by molar-refractivity contribution is 0.449. The molecule has 0 bridgehead atoms. The third-order valence-corrected chi connectivity index (χ3v) is 4.15. The summed E-state index contributed by atoms with van der Waals surface area (Å²) in [4.78, 5) is 0. The van der Waals surface area contributed by atoms with Crippen LogP contribution in [0.5, 0.6) is 0 Å². The van der Waals surface area contributed by atoms with E-state index in [0.717, 1.165) is 17.2 Å². The minimum Gasteiger partial charge on any atom is -0.204 e. The Morgan fingerprint density at radius 2 is 1.26 bits per heavy atom. The molecule has 116 valence electrons. The molecule has 0 N–H and O–H groups in total. The molecule has 0 radical (unpaired) electrons. The van der Waals surface area contributed by atoms with Gasteiger partial charge < -0.3 is 0 Å². The smallest absolute Gasteiger partial charge is 0.195 e. The van der Waals surface area contributed by atoms with Gasteiger partial charge in [0.2, 0.25) is 0 Å². The summed E-state index contributed by atoms with van der Waals surface area (Å²) in [6.45, 7) is 0. The Balaban J connectivity index is 1.93. The average Bonchev–Trinajstić information content (AvgIpc) is 2.60. The molecule has 0 heterocycles. The Kier molecular flexibility index (Phi) is 4.39. The highest BCUT2D eigenvalue weighted by atomic mass is 35.5. The second-order valence-corrected chi connectivity index (χ2v) is 5.55. The molecule has 0 spiro atoms. The van der Waals surface area contributed by atoms with E-state index in [1.54, 1.807) is 24.3 Å². The SMILES string of the molecule is Fc1ccc(-c2ccc(C(Cl)c3ccccc3)cc2)c(F)c1F. The summed E-state index contributed by atoms with van der Waals surface area (Å²) in [5.74, 6) is -3.86. The molecular formula is C19H12ClF3. The molecule has 3 rings (SSSR count). The molecule has 0 aliphatic rings. The van der Waals surface area contributed by atoms with Crippen LogP contribution < -0.4 is 0 Å². The van der Waals surface area contributed by atoms with Crippen LogP contribution in [0, 0.1) is 17.5 Å². The summed E-state index contributed by atoms with van der Waals surface area (Å²) in [5.41, 5.74) is 2.26. The van der Waals surface area contributed by atoms with Crippen molar-refractivity contribution in [2.24, 2.45) is 0 Å². The highest BCUT2D eigenvalue weighted by Gasteiger charge is 2.15. The molecular weight excluding hydrogens is 321 g/mol. The van der Waals surface area contributed by atoms with E-state index < -0.39 is 17.5 Å². The van der Waals surface area contributed by atoms with Crippen LogP contribution in [0.25, 0.3) is 11.1 Å². The molecule has 3 aromatic carbocycles. The van der Waals surface area contributed by atoms with Crippen molar-refractivity contribution in [3.8, 4) is 11.1 Å². The van der Waals surface area contributed by atoms with Crippen molar-refractivity contribution in [3.05, 3.63) is 95.3 Å². The fourth-order valence-electron chi connectivity index (χ4n) is 2.39. The molecule has 3 aromatic rings. The van der Waals surface area contributed by atoms with Gasteiger partial charge in [0.1, 0.15) is 0 Å². The van der Waals surface area contributed by atoms with Gasteiger partial charge in [0.25, 0.3) is 0 Å². The van der Waals surface area contributed by atoms with E-state index in [1.807, 2.05) is 30.3 Å². The van der Waals surface area contributed by atoms with Gasteiger partial charge in [-0.25, -0.2) is 13.2 Å². The molecule has 1 atom stereocenters. The molecule has 0 saturated heterocycles. The first-order chi connectivity index (χ1) is 11.1. The number of halogens is 4. The van der Waals surface area contributed by atoms with Crippen molar-refractivity contribution in [3.63, 3.8) is 0 Å². The predicted octanol–water partition coefficient (Wildman–Crippen LogP) is 6.10. The Bertz CT molecular complexity index is 814. The number of alkyl halides is 1. The summed E-state index contributed by atoms with van der Waals surface area (Å²) in [5, 5.41) is -0.333. The zero-order valence-electron chi connectivity index (χ0n) is 11.9. The number of hydrogen-bond acceptors (Lipinski definition) is 0. The van der Waals surface area contributed by atoms with Gasteiger partial charge in [-0.3, -0.25) is 0 Å². The van der Waals surface area contributed by atoms with Gasteiger partial charge in [0.15, 0.2) is 17.5 Å². The molecule has 1 unspecified atom stereocenters. The summed E-state index contributed by atoms with van der Waals surface area (Å²) >= 11 is 6.42. The molecule has 0 nitrogen and oxygen atoms in total. The van der Waals surface area contributed by atoms with Crippen LogP contribution in [0.4, 0.5) is 13.2 Å². The summed E-state index contributed by atoms with van der Waals surface area (Å²) in [7, 11) is 0. The van der Waals surface area contributed by atoms with Crippen molar-refractivity contribution in [1.82, 2.24) is 0 Å². The van der Waals surface area contributed by atoms with E-state index in [2.05, 4.69) is 0 Å². The van der Waals surface area contributed by atoms with E-state index in [1.165, 1.54) is 6.07 Å². The summed E-state index contributed by atoms with van der Waals surface area (Å²) < 4.78 is 40.2. The zero-order chi connectivity index (χ0) is 16.4. The normalized spacial score (nSPS) is 12.2.